The predicted molar refractivity (Wildman–Crippen MR) is 150 cm³/mol. The summed E-state index contributed by atoms with van der Waals surface area (Å²) in [6.07, 6.45) is -0.844. The minimum Gasteiger partial charge on any atom is -0.469 e. The minimum atomic E-state index is -1.09. The first-order valence-electron chi connectivity index (χ1n) is 14.2. The number of ether oxygens (including phenoxy) is 1. The zero-order valence-electron chi connectivity index (χ0n) is 23.7. The Morgan fingerprint density at radius 1 is 1.12 bits per heavy atom. The van der Waals surface area contributed by atoms with Crippen LogP contribution in [0.25, 0.3) is 0 Å². The number of aryl methyl sites for hydroxylation is 1. The molecule has 8 nitrogen and oxygen atoms in total. The number of aromatic nitrogens is 1. The van der Waals surface area contributed by atoms with Crippen LogP contribution in [0.15, 0.2) is 46.9 Å². The third-order valence-corrected chi connectivity index (χ3v) is 8.51. The topological polar surface area (TPSA) is 114 Å². The van der Waals surface area contributed by atoms with Crippen LogP contribution >= 0.6 is 0 Å². The van der Waals surface area contributed by atoms with Crippen molar-refractivity contribution in [1.82, 2.24) is 10.3 Å². The van der Waals surface area contributed by atoms with Crippen LogP contribution in [0.5, 0.6) is 5.75 Å². The average Bonchev–Trinajstić information content (AvgIpc) is 3.53. The second-order valence-corrected chi connectivity index (χ2v) is 12.2. The largest absolute Gasteiger partial charge is 0.469 e. The first kappa shape index (κ1) is 26.6. The Bertz CT molecular complexity index is 1480. The fraction of sp³-hybridized carbons (Fsp3) is 0.469. The van der Waals surface area contributed by atoms with E-state index in [0.29, 0.717) is 24.5 Å². The number of aliphatic hydroxyl groups is 1. The molecular formula is C32H37N3O5. The van der Waals surface area contributed by atoms with E-state index in [1.807, 2.05) is 65.0 Å². The van der Waals surface area contributed by atoms with Crippen LogP contribution in [-0.4, -0.2) is 34.1 Å². The number of benzene rings is 2. The molecule has 4 bridgehead atoms. The number of oxazole rings is 1. The summed E-state index contributed by atoms with van der Waals surface area (Å²) in [6.45, 7) is 9.88. The number of rotatable bonds is 6. The van der Waals surface area contributed by atoms with Gasteiger partial charge in [-0.1, -0.05) is 58.0 Å². The van der Waals surface area contributed by atoms with Crippen LogP contribution in [0.1, 0.15) is 80.6 Å². The number of ketones is 1. The SMILES string of the molecule is Cc1nc2oc1C13c4ccccc4N[C@H]1Oc1ccc(cc13)CC(CC(=O)[C@@H](O)CC(C)C)C(=O)N[C@H]2C(C)C. The van der Waals surface area contributed by atoms with Gasteiger partial charge in [-0.2, -0.15) is 0 Å². The van der Waals surface area contributed by atoms with Gasteiger partial charge in [0.1, 0.15) is 29.1 Å². The molecule has 0 aliphatic carbocycles. The molecule has 3 aliphatic heterocycles. The number of hydrogen-bond acceptors (Lipinski definition) is 7. The molecule has 6 rings (SSSR count). The summed E-state index contributed by atoms with van der Waals surface area (Å²) in [5.41, 5.74) is 3.86. The summed E-state index contributed by atoms with van der Waals surface area (Å²) >= 11 is 0. The zero-order chi connectivity index (χ0) is 28.3. The summed E-state index contributed by atoms with van der Waals surface area (Å²) in [6, 6.07) is 13.6. The van der Waals surface area contributed by atoms with Crippen LogP contribution in [0, 0.1) is 24.7 Å². The van der Waals surface area contributed by atoms with E-state index in [2.05, 4.69) is 22.8 Å². The molecule has 40 heavy (non-hydrogen) atoms. The van der Waals surface area contributed by atoms with Crippen LogP contribution in [0.2, 0.25) is 0 Å². The molecule has 0 radical (unpaired) electrons. The molecule has 1 spiro atoms. The van der Waals surface area contributed by atoms with E-state index in [-0.39, 0.29) is 29.9 Å². The summed E-state index contributed by atoms with van der Waals surface area (Å²) in [5, 5.41) is 17.2. The smallest absolute Gasteiger partial charge is 0.224 e. The molecule has 0 fully saturated rings. The van der Waals surface area contributed by atoms with Gasteiger partial charge >= 0.3 is 0 Å². The van der Waals surface area contributed by atoms with Gasteiger partial charge in [0, 0.05) is 23.6 Å². The molecule has 0 saturated heterocycles. The van der Waals surface area contributed by atoms with Gasteiger partial charge in [-0.15, -0.1) is 0 Å². The fourth-order valence-corrected chi connectivity index (χ4v) is 6.55. The molecule has 3 aromatic rings. The van der Waals surface area contributed by atoms with E-state index >= 15 is 0 Å². The van der Waals surface area contributed by atoms with Crippen LogP contribution in [0.4, 0.5) is 5.69 Å². The first-order chi connectivity index (χ1) is 19.1. The Hall–Kier alpha value is -3.65. The molecule has 2 unspecified atom stereocenters. The molecule has 3 aliphatic rings. The van der Waals surface area contributed by atoms with Gasteiger partial charge in [-0.25, -0.2) is 4.98 Å². The third-order valence-electron chi connectivity index (χ3n) is 8.51. The number of nitrogens with one attached hydrogen (secondary N) is 2. The number of carbonyl (C=O) groups excluding carboxylic acids is 2. The van der Waals surface area contributed by atoms with Crippen molar-refractivity contribution in [2.75, 3.05) is 5.32 Å². The highest BCUT2D eigenvalue weighted by Gasteiger charge is 2.60. The van der Waals surface area contributed by atoms with Gasteiger partial charge in [0.15, 0.2) is 12.0 Å². The summed E-state index contributed by atoms with van der Waals surface area (Å²) in [4.78, 5) is 31.7. The maximum atomic E-state index is 13.8. The quantitative estimate of drug-likeness (QED) is 0.409. The van der Waals surface area contributed by atoms with Crippen molar-refractivity contribution in [1.29, 1.82) is 0 Å². The highest BCUT2D eigenvalue weighted by Crippen LogP contribution is 2.58. The number of anilines is 1. The van der Waals surface area contributed by atoms with Crippen molar-refractivity contribution in [2.24, 2.45) is 17.8 Å². The highest BCUT2D eigenvalue weighted by atomic mass is 16.5. The molecule has 3 N–H and O–H groups in total. The van der Waals surface area contributed by atoms with E-state index in [9.17, 15) is 14.7 Å². The summed E-state index contributed by atoms with van der Waals surface area (Å²) in [5.74, 6) is 0.803. The predicted octanol–water partition coefficient (Wildman–Crippen LogP) is 4.81. The zero-order valence-corrected chi connectivity index (χ0v) is 23.7. The van der Waals surface area contributed by atoms with Crippen molar-refractivity contribution in [3.63, 3.8) is 0 Å². The minimum absolute atomic E-state index is 0.0174. The van der Waals surface area contributed by atoms with Gasteiger partial charge in [0.05, 0.1) is 5.69 Å². The van der Waals surface area contributed by atoms with Crippen molar-refractivity contribution >= 4 is 17.4 Å². The second-order valence-electron chi connectivity index (χ2n) is 12.2. The number of amides is 1. The van der Waals surface area contributed by atoms with E-state index in [1.165, 1.54) is 0 Å². The van der Waals surface area contributed by atoms with Gasteiger partial charge in [-0.3, -0.25) is 9.59 Å². The molecule has 4 heterocycles. The van der Waals surface area contributed by atoms with Gasteiger partial charge in [-0.05, 0) is 54.9 Å². The Balaban J connectivity index is 1.51. The molecule has 210 valence electrons. The molecule has 5 atom stereocenters. The number of hydrogen-bond donors (Lipinski definition) is 3. The maximum absolute atomic E-state index is 13.8. The third kappa shape index (κ3) is 4.12. The Kier molecular flexibility index (Phi) is 6.49. The summed E-state index contributed by atoms with van der Waals surface area (Å²) < 4.78 is 13.2. The number of fused-ring (bicyclic) bond motifs is 4. The molecule has 0 saturated carbocycles. The number of carbonyl (C=O) groups is 2. The lowest BCUT2D eigenvalue weighted by Gasteiger charge is -2.28. The van der Waals surface area contributed by atoms with Crippen LogP contribution in [-0.2, 0) is 21.4 Å². The lowest BCUT2D eigenvalue weighted by Crippen LogP contribution is -2.41. The molecule has 8 heteroatoms. The number of Topliss-reactive ketones (excluding diaryl/α,β-unsaturated/α-hetero) is 1. The van der Waals surface area contributed by atoms with Crippen molar-refractivity contribution in [2.45, 2.75) is 77.7 Å². The van der Waals surface area contributed by atoms with E-state index < -0.39 is 29.7 Å². The highest BCUT2D eigenvalue weighted by molar-refractivity contribution is 5.89. The number of aliphatic hydroxyl groups excluding tert-OH is 1. The molecule has 1 amide bonds. The lowest BCUT2D eigenvalue weighted by molar-refractivity contribution is -0.134. The van der Waals surface area contributed by atoms with E-state index in [4.69, 9.17) is 14.1 Å². The lowest BCUT2D eigenvalue weighted by atomic mass is 9.72. The van der Waals surface area contributed by atoms with Gasteiger partial charge in [0.25, 0.3) is 0 Å². The van der Waals surface area contributed by atoms with Crippen molar-refractivity contribution < 1.29 is 23.8 Å². The molecule has 2 aromatic carbocycles. The number of nitrogens with zero attached hydrogens (tertiary/aromatic N) is 1. The number of para-hydroxylation sites is 1. The second kappa shape index (κ2) is 9.77. The van der Waals surface area contributed by atoms with E-state index in [0.717, 1.165) is 33.8 Å². The fourth-order valence-electron chi connectivity index (χ4n) is 6.55. The first-order valence-corrected chi connectivity index (χ1v) is 14.2. The van der Waals surface area contributed by atoms with E-state index in [1.54, 1.807) is 0 Å². The summed E-state index contributed by atoms with van der Waals surface area (Å²) in [7, 11) is 0. The standard InChI is InChI=1S/C32H37N3O5/c1-16(2)12-24(36)25(37)15-20-13-19-10-11-26-22(14-19)32(21-8-6-7-9-23(21)34-31(32)39-26)28-18(5)33-30(40-28)27(17(3)4)35-29(20)38/h6-11,14,16-17,20,24,27,31,34,36H,12-13,15H2,1-5H3,(H,35,38)/t20?,24-,27-,31-,32?/m0/s1. The molecular weight excluding hydrogens is 506 g/mol. The Morgan fingerprint density at radius 2 is 1.90 bits per heavy atom. The molecule has 1 aromatic heterocycles. The van der Waals surface area contributed by atoms with Crippen molar-refractivity contribution in [3.05, 3.63) is 76.5 Å². The van der Waals surface area contributed by atoms with Crippen LogP contribution in [0.3, 0.4) is 0 Å². The monoisotopic (exact) mass is 543 g/mol. The average molecular weight is 544 g/mol. The Morgan fingerprint density at radius 3 is 2.65 bits per heavy atom. The Labute approximate surface area is 234 Å². The van der Waals surface area contributed by atoms with Crippen LogP contribution < -0.4 is 15.4 Å². The van der Waals surface area contributed by atoms with Gasteiger partial charge in [0.2, 0.25) is 11.8 Å². The van der Waals surface area contributed by atoms with Crippen molar-refractivity contribution in [3.8, 4) is 5.75 Å². The normalized spacial score (nSPS) is 25.3. The maximum Gasteiger partial charge on any atom is 0.224 e. The van der Waals surface area contributed by atoms with Gasteiger partial charge < -0.3 is 24.9 Å².